The molecule has 5 nitrogen and oxygen atoms in total. The summed E-state index contributed by atoms with van der Waals surface area (Å²) in [6.07, 6.45) is 0. The minimum atomic E-state index is -3.71. The molecule has 0 spiro atoms. The van der Waals surface area contributed by atoms with Gasteiger partial charge in [-0.3, -0.25) is 4.79 Å². The number of carbonyl (C=O) groups is 1. The summed E-state index contributed by atoms with van der Waals surface area (Å²) in [5, 5.41) is 0. The summed E-state index contributed by atoms with van der Waals surface area (Å²) < 4.78 is 32.4. The molecule has 21 heavy (non-hydrogen) atoms. The van der Waals surface area contributed by atoms with Crippen molar-refractivity contribution in [2.24, 2.45) is 0 Å². The van der Waals surface area contributed by atoms with Crippen molar-refractivity contribution in [2.45, 2.75) is 17.9 Å². The summed E-state index contributed by atoms with van der Waals surface area (Å²) >= 11 is 4.83. The molecule has 0 N–H and O–H groups in total. The molecule has 0 bridgehead atoms. The summed E-state index contributed by atoms with van der Waals surface area (Å²) in [6, 6.07) is 5.74. The molecule has 116 valence electrons. The minimum Gasteiger partial charge on any atom is -0.465 e. The smallest absolute Gasteiger partial charge is 0.325 e. The van der Waals surface area contributed by atoms with Crippen molar-refractivity contribution in [3.63, 3.8) is 0 Å². The average Bonchev–Trinajstić information content (AvgIpc) is 2.47. The normalized spacial score (nSPS) is 20.2. The molecule has 1 aromatic rings. The Hall–Kier alpha value is -0.570. The maximum atomic E-state index is 12.7. The van der Waals surface area contributed by atoms with E-state index in [2.05, 4.69) is 15.9 Å². The summed E-state index contributed by atoms with van der Waals surface area (Å²) in [5.74, 6) is 0.609. The summed E-state index contributed by atoms with van der Waals surface area (Å²) in [4.78, 5) is 12.2. The highest BCUT2D eigenvalue weighted by Crippen LogP contribution is 2.26. The number of halogens is 1. The average molecular weight is 394 g/mol. The lowest BCUT2D eigenvalue weighted by Gasteiger charge is -2.32. The van der Waals surface area contributed by atoms with Crippen LogP contribution in [0.2, 0.25) is 0 Å². The summed E-state index contributed by atoms with van der Waals surface area (Å²) in [7, 11) is -3.71. The predicted molar refractivity (Wildman–Crippen MR) is 85.8 cm³/mol. The third-order valence-electron chi connectivity index (χ3n) is 3.04. The topological polar surface area (TPSA) is 63.7 Å². The molecule has 1 aliphatic rings. The van der Waals surface area contributed by atoms with Crippen molar-refractivity contribution in [3.8, 4) is 0 Å². The van der Waals surface area contributed by atoms with Gasteiger partial charge in [-0.05, 0) is 25.1 Å². The molecule has 2 rings (SSSR count). The second-order valence-corrected chi connectivity index (χ2v) is 8.37. The van der Waals surface area contributed by atoms with E-state index < -0.39 is 22.0 Å². The van der Waals surface area contributed by atoms with Crippen LogP contribution in [-0.4, -0.2) is 49.4 Å². The molecule has 1 saturated heterocycles. The van der Waals surface area contributed by atoms with E-state index in [-0.39, 0.29) is 11.5 Å². The molecule has 1 atom stereocenters. The monoisotopic (exact) mass is 393 g/mol. The zero-order valence-corrected chi connectivity index (χ0v) is 14.7. The van der Waals surface area contributed by atoms with E-state index in [9.17, 15) is 13.2 Å². The first kappa shape index (κ1) is 16.8. The number of sulfonamides is 1. The number of hydrogen-bond donors (Lipinski definition) is 0. The van der Waals surface area contributed by atoms with Crippen LogP contribution in [0.3, 0.4) is 0 Å². The van der Waals surface area contributed by atoms with Crippen LogP contribution in [0.15, 0.2) is 33.6 Å². The summed E-state index contributed by atoms with van der Waals surface area (Å²) in [5.41, 5.74) is 0. The van der Waals surface area contributed by atoms with Crippen LogP contribution < -0.4 is 0 Å². The molecule has 1 heterocycles. The van der Waals surface area contributed by atoms with Crippen LogP contribution in [0, 0.1) is 0 Å². The van der Waals surface area contributed by atoms with Gasteiger partial charge in [-0.25, -0.2) is 8.42 Å². The quantitative estimate of drug-likeness (QED) is 0.733. The first-order valence-corrected chi connectivity index (χ1v) is 9.87. The number of carbonyl (C=O) groups excluding carboxylic acids is 1. The Morgan fingerprint density at radius 2 is 2.29 bits per heavy atom. The first-order chi connectivity index (χ1) is 9.96. The van der Waals surface area contributed by atoms with Gasteiger partial charge in [0.2, 0.25) is 10.0 Å². The van der Waals surface area contributed by atoms with Crippen molar-refractivity contribution in [1.29, 1.82) is 0 Å². The Labute approximate surface area is 137 Å². The van der Waals surface area contributed by atoms with E-state index in [0.717, 1.165) is 0 Å². The highest BCUT2D eigenvalue weighted by molar-refractivity contribution is 9.10. The van der Waals surface area contributed by atoms with E-state index in [0.29, 0.717) is 22.5 Å². The third kappa shape index (κ3) is 3.80. The lowest BCUT2D eigenvalue weighted by molar-refractivity contribution is -0.146. The second-order valence-electron chi connectivity index (χ2n) is 4.42. The largest absolute Gasteiger partial charge is 0.465 e. The lowest BCUT2D eigenvalue weighted by atomic mass is 10.3. The molecule has 1 fully saturated rings. The predicted octanol–water partition coefficient (Wildman–Crippen LogP) is 2.12. The van der Waals surface area contributed by atoms with Crippen LogP contribution in [-0.2, 0) is 19.6 Å². The van der Waals surface area contributed by atoms with Gasteiger partial charge in [0.25, 0.3) is 0 Å². The molecular formula is C13H16BrNO4S2. The van der Waals surface area contributed by atoms with E-state index in [1.165, 1.54) is 10.4 Å². The molecule has 1 aliphatic heterocycles. The Bertz CT molecular complexity index is 620. The zero-order valence-electron chi connectivity index (χ0n) is 11.5. The number of nitrogens with zero attached hydrogens (tertiary/aromatic N) is 1. The molecule has 0 aromatic heterocycles. The van der Waals surface area contributed by atoms with Gasteiger partial charge in [-0.1, -0.05) is 22.0 Å². The maximum Gasteiger partial charge on any atom is 0.325 e. The fourth-order valence-corrected chi connectivity index (χ4v) is 5.48. The van der Waals surface area contributed by atoms with Gasteiger partial charge in [-0.15, -0.1) is 0 Å². The second kappa shape index (κ2) is 7.13. The number of esters is 1. The van der Waals surface area contributed by atoms with Crippen molar-refractivity contribution >= 4 is 43.7 Å². The van der Waals surface area contributed by atoms with Gasteiger partial charge in [0.15, 0.2) is 0 Å². The highest BCUT2D eigenvalue weighted by Gasteiger charge is 2.38. The highest BCUT2D eigenvalue weighted by atomic mass is 79.9. The Morgan fingerprint density at radius 1 is 1.52 bits per heavy atom. The van der Waals surface area contributed by atoms with E-state index in [1.54, 1.807) is 36.9 Å². The van der Waals surface area contributed by atoms with Gasteiger partial charge in [0.1, 0.15) is 6.04 Å². The van der Waals surface area contributed by atoms with Crippen molar-refractivity contribution < 1.29 is 17.9 Å². The number of benzene rings is 1. The van der Waals surface area contributed by atoms with Crippen LogP contribution in [0.1, 0.15) is 6.92 Å². The van der Waals surface area contributed by atoms with Gasteiger partial charge in [-0.2, -0.15) is 16.1 Å². The molecular weight excluding hydrogens is 378 g/mol. The zero-order chi connectivity index (χ0) is 15.5. The van der Waals surface area contributed by atoms with Crippen molar-refractivity contribution in [3.05, 3.63) is 28.7 Å². The number of ether oxygens (including phenoxy) is 1. The van der Waals surface area contributed by atoms with Crippen molar-refractivity contribution in [1.82, 2.24) is 4.31 Å². The minimum absolute atomic E-state index is 0.179. The van der Waals surface area contributed by atoms with Gasteiger partial charge >= 0.3 is 5.97 Å². The third-order valence-corrected chi connectivity index (χ3v) is 6.46. The molecule has 0 unspecified atom stereocenters. The van der Waals surface area contributed by atoms with E-state index in [1.807, 2.05) is 0 Å². The number of thioether (sulfide) groups is 1. The SMILES string of the molecule is CCOC(=O)[C@H]1CSCCN1S(=O)(=O)c1cccc(Br)c1. The molecule has 8 heteroatoms. The standard InChI is InChI=1S/C13H16BrNO4S2/c1-2-19-13(16)12-9-20-7-6-15(12)21(17,18)11-5-3-4-10(14)8-11/h3-5,8,12H,2,6-7,9H2,1H3/t12-/m1/s1. The van der Waals surface area contributed by atoms with E-state index in [4.69, 9.17) is 4.74 Å². The maximum absolute atomic E-state index is 12.7. The fourth-order valence-electron chi connectivity index (χ4n) is 2.06. The molecule has 0 aliphatic carbocycles. The van der Waals surface area contributed by atoms with Gasteiger partial charge in [0.05, 0.1) is 11.5 Å². The Balaban J connectivity index is 2.34. The first-order valence-electron chi connectivity index (χ1n) is 6.48. The Morgan fingerprint density at radius 3 is 2.95 bits per heavy atom. The lowest BCUT2D eigenvalue weighted by Crippen LogP contribution is -2.50. The molecule has 0 radical (unpaired) electrons. The Kier molecular flexibility index (Phi) is 5.70. The van der Waals surface area contributed by atoms with Gasteiger partial charge < -0.3 is 4.74 Å². The fraction of sp³-hybridized carbons (Fsp3) is 0.462. The molecule has 0 amide bonds. The van der Waals surface area contributed by atoms with Crippen LogP contribution in [0.5, 0.6) is 0 Å². The van der Waals surface area contributed by atoms with E-state index >= 15 is 0 Å². The van der Waals surface area contributed by atoms with Crippen LogP contribution >= 0.6 is 27.7 Å². The summed E-state index contributed by atoms with van der Waals surface area (Å²) in [6.45, 7) is 2.26. The molecule has 1 aromatic carbocycles. The number of rotatable bonds is 4. The van der Waals surface area contributed by atoms with Crippen LogP contribution in [0.4, 0.5) is 0 Å². The molecule has 0 saturated carbocycles. The van der Waals surface area contributed by atoms with Gasteiger partial charge in [0, 0.05) is 22.5 Å². The van der Waals surface area contributed by atoms with Crippen LogP contribution in [0.25, 0.3) is 0 Å². The number of hydrogen-bond acceptors (Lipinski definition) is 5. The van der Waals surface area contributed by atoms with Crippen molar-refractivity contribution in [2.75, 3.05) is 24.7 Å².